The van der Waals surface area contributed by atoms with Gasteiger partial charge in [-0.05, 0) is 67.6 Å². The van der Waals surface area contributed by atoms with Crippen LogP contribution in [0.1, 0.15) is 53.9 Å². The van der Waals surface area contributed by atoms with Crippen molar-refractivity contribution in [2.75, 3.05) is 0 Å². The van der Waals surface area contributed by atoms with Crippen LogP contribution in [0.3, 0.4) is 0 Å². The van der Waals surface area contributed by atoms with Gasteiger partial charge < -0.3 is 4.74 Å². The van der Waals surface area contributed by atoms with Crippen LogP contribution >= 0.6 is 0 Å². The van der Waals surface area contributed by atoms with Gasteiger partial charge in [0, 0.05) is 12.8 Å². The Morgan fingerprint density at radius 2 is 1.95 bits per heavy atom. The lowest BCUT2D eigenvalue weighted by Crippen LogP contribution is -2.46. The van der Waals surface area contributed by atoms with E-state index in [9.17, 15) is 4.79 Å². The molecule has 2 nitrogen and oxygen atoms in total. The Hall–Kier alpha value is -0.530. The fourth-order valence-electron chi connectivity index (χ4n) is 7.33. The van der Waals surface area contributed by atoms with Crippen LogP contribution in [0, 0.1) is 40.4 Å². The molecule has 0 aromatic heterocycles. The second-order valence-electron chi connectivity index (χ2n) is 8.67. The highest BCUT2D eigenvalue weighted by atomic mass is 16.6. The first-order valence-electron chi connectivity index (χ1n) is 7.92. The Morgan fingerprint density at radius 3 is 2.53 bits per heavy atom. The third-order valence-corrected chi connectivity index (χ3v) is 7.71. The SMILES string of the molecule is CC(=O)OC(C)(C)C1CCC2(C)C3CC4C2C4(C)C13. The average molecular weight is 262 g/mol. The van der Waals surface area contributed by atoms with E-state index in [1.54, 1.807) is 6.92 Å². The monoisotopic (exact) mass is 262 g/mol. The molecule has 0 aromatic carbocycles. The second-order valence-corrected chi connectivity index (χ2v) is 8.67. The summed E-state index contributed by atoms with van der Waals surface area (Å²) in [7, 11) is 0. The minimum atomic E-state index is -0.286. The van der Waals surface area contributed by atoms with Crippen LogP contribution in [0.4, 0.5) is 0 Å². The maximum Gasteiger partial charge on any atom is 0.303 e. The summed E-state index contributed by atoms with van der Waals surface area (Å²) in [6.07, 6.45) is 4.05. The first-order chi connectivity index (χ1) is 8.73. The first kappa shape index (κ1) is 12.2. The minimum absolute atomic E-state index is 0.124. The molecule has 5 aliphatic carbocycles. The number of rotatable bonds is 2. The average Bonchev–Trinajstić information content (AvgIpc) is 2.53. The predicted molar refractivity (Wildman–Crippen MR) is 73.4 cm³/mol. The molecule has 5 aliphatic rings. The summed E-state index contributed by atoms with van der Waals surface area (Å²) in [6, 6.07) is 0. The maximum absolute atomic E-state index is 11.4. The first-order valence-corrected chi connectivity index (χ1v) is 7.92. The highest BCUT2D eigenvalue weighted by Gasteiger charge is 2.86. The number of hydrogen-bond acceptors (Lipinski definition) is 2. The van der Waals surface area contributed by atoms with Crippen molar-refractivity contribution in [1.29, 1.82) is 0 Å². The Balaban J connectivity index is 1.69. The summed E-state index contributed by atoms with van der Waals surface area (Å²) in [5, 5.41) is 0. The standard InChI is InChI=1S/C17H26O2/c1-9(18)19-15(2,3)10-6-7-16(4)11-8-12-14(16)17(12,5)13(10)11/h10-14H,6-8H2,1-5H3. The molecule has 2 heteroatoms. The van der Waals surface area contributed by atoms with Crippen molar-refractivity contribution in [2.45, 2.75) is 59.5 Å². The highest BCUT2D eigenvalue weighted by Crippen LogP contribution is 2.91. The summed E-state index contributed by atoms with van der Waals surface area (Å²) < 4.78 is 5.70. The zero-order valence-electron chi connectivity index (χ0n) is 12.8. The fraction of sp³-hybridized carbons (Fsp3) is 0.941. The highest BCUT2D eigenvalue weighted by molar-refractivity contribution is 5.66. The van der Waals surface area contributed by atoms with E-state index in [1.165, 1.54) is 19.3 Å². The van der Waals surface area contributed by atoms with Gasteiger partial charge in [-0.3, -0.25) is 4.79 Å². The molecule has 0 aliphatic heterocycles. The maximum atomic E-state index is 11.4. The third kappa shape index (κ3) is 1.14. The Kier molecular flexibility index (Phi) is 1.96. The molecule has 5 rings (SSSR count). The molecule has 106 valence electrons. The molecule has 0 aromatic rings. The number of hydrogen-bond donors (Lipinski definition) is 0. The minimum Gasteiger partial charge on any atom is -0.460 e. The number of esters is 1. The lowest BCUT2D eigenvalue weighted by molar-refractivity contribution is -0.165. The van der Waals surface area contributed by atoms with Crippen molar-refractivity contribution in [3.63, 3.8) is 0 Å². The molecule has 0 N–H and O–H groups in total. The fourth-order valence-corrected chi connectivity index (χ4v) is 7.33. The molecule has 7 unspecified atom stereocenters. The van der Waals surface area contributed by atoms with Gasteiger partial charge in [0.1, 0.15) is 5.60 Å². The van der Waals surface area contributed by atoms with Crippen molar-refractivity contribution in [2.24, 2.45) is 40.4 Å². The van der Waals surface area contributed by atoms with Crippen LogP contribution < -0.4 is 0 Å². The number of ether oxygens (including phenoxy) is 1. The normalized spacial score (nSPS) is 57.2. The zero-order chi connectivity index (χ0) is 13.8. The summed E-state index contributed by atoms with van der Waals surface area (Å²) in [6.45, 7) is 10.9. The number of carbonyl (C=O) groups excluding carboxylic acids is 1. The molecule has 0 amide bonds. The van der Waals surface area contributed by atoms with E-state index in [0.717, 1.165) is 23.7 Å². The predicted octanol–water partition coefficient (Wildman–Crippen LogP) is 3.65. The lowest BCUT2D eigenvalue weighted by Gasteiger charge is -2.47. The molecule has 5 fully saturated rings. The van der Waals surface area contributed by atoms with Crippen molar-refractivity contribution in [1.82, 2.24) is 0 Å². The van der Waals surface area contributed by atoms with Crippen molar-refractivity contribution < 1.29 is 9.53 Å². The molecule has 5 saturated carbocycles. The third-order valence-electron chi connectivity index (χ3n) is 7.71. The zero-order valence-corrected chi connectivity index (χ0v) is 12.8. The van der Waals surface area contributed by atoms with Gasteiger partial charge in [0.15, 0.2) is 0 Å². The van der Waals surface area contributed by atoms with Gasteiger partial charge in [-0.15, -0.1) is 0 Å². The van der Waals surface area contributed by atoms with Gasteiger partial charge >= 0.3 is 5.97 Å². The molecule has 7 atom stereocenters. The summed E-state index contributed by atoms with van der Waals surface area (Å²) in [5.41, 5.74) is 0.913. The lowest BCUT2D eigenvalue weighted by atomic mass is 9.60. The van der Waals surface area contributed by atoms with Crippen LogP contribution in [-0.2, 0) is 9.53 Å². The van der Waals surface area contributed by atoms with Gasteiger partial charge in [0.05, 0.1) is 0 Å². The van der Waals surface area contributed by atoms with Crippen LogP contribution in [0.15, 0.2) is 0 Å². The topological polar surface area (TPSA) is 26.3 Å². The van der Waals surface area contributed by atoms with Gasteiger partial charge in [0.2, 0.25) is 0 Å². The molecular formula is C17H26O2. The van der Waals surface area contributed by atoms with Crippen LogP contribution in [0.2, 0.25) is 0 Å². The van der Waals surface area contributed by atoms with E-state index in [4.69, 9.17) is 4.74 Å². The Bertz CT molecular complexity index is 468. The van der Waals surface area contributed by atoms with Gasteiger partial charge in [0.25, 0.3) is 0 Å². The Labute approximate surface area is 116 Å². The van der Waals surface area contributed by atoms with E-state index in [2.05, 4.69) is 27.7 Å². The molecular weight excluding hydrogens is 236 g/mol. The van der Waals surface area contributed by atoms with E-state index >= 15 is 0 Å². The molecule has 0 heterocycles. The quantitative estimate of drug-likeness (QED) is 0.710. The van der Waals surface area contributed by atoms with Crippen LogP contribution in [-0.4, -0.2) is 11.6 Å². The van der Waals surface area contributed by atoms with Crippen molar-refractivity contribution in [3.05, 3.63) is 0 Å². The summed E-state index contributed by atoms with van der Waals surface area (Å²) >= 11 is 0. The van der Waals surface area contributed by atoms with E-state index < -0.39 is 0 Å². The van der Waals surface area contributed by atoms with E-state index in [-0.39, 0.29) is 11.6 Å². The van der Waals surface area contributed by atoms with Crippen molar-refractivity contribution in [3.8, 4) is 0 Å². The summed E-state index contributed by atoms with van der Waals surface area (Å²) in [4.78, 5) is 11.4. The molecule has 0 spiro atoms. The molecule has 6 bridgehead atoms. The molecule has 0 saturated heterocycles. The second kappa shape index (κ2) is 3.04. The van der Waals surface area contributed by atoms with Gasteiger partial charge in [-0.25, -0.2) is 0 Å². The van der Waals surface area contributed by atoms with E-state index in [0.29, 0.717) is 16.7 Å². The smallest absolute Gasteiger partial charge is 0.303 e. The summed E-state index contributed by atoms with van der Waals surface area (Å²) in [5.74, 6) is 4.12. The van der Waals surface area contributed by atoms with Crippen molar-refractivity contribution >= 4 is 5.97 Å². The number of carbonyl (C=O) groups is 1. The molecule has 0 radical (unpaired) electrons. The van der Waals surface area contributed by atoms with E-state index in [1.807, 2.05) is 0 Å². The molecule has 19 heavy (non-hydrogen) atoms. The van der Waals surface area contributed by atoms with Crippen LogP contribution in [0.25, 0.3) is 0 Å². The largest absolute Gasteiger partial charge is 0.460 e. The van der Waals surface area contributed by atoms with Gasteiger partial charge in [-0.1, -0.05) is 13.8 Å². The Morgan fingerprint density at radius 1 is 1.26 bits per heavy atom. The van der Waals surface area contributed by atoms with Gasteiger partial charge in [-0.2, -0.15) is 0 Å². The van der Waals surface area contributed by atoms with Crippen LogP contribution in [0.5, 0.6) is 0 Å².